The first-order chi connectivity index (χ1) is 11.0. The van der Waals surface area contributed by atoms with Crippen molar-refractivity contribution in [3.63, 3.8) is 0 Å². The summed E-state index contributed by atoms with van der Waals surface area (Å²) in [6.07, 6.45) is -0.124. The number of ether oxygens (including phenoxy) is 1. The van der Waals surface area contributed by atoms with Crippen molar-refractivity contribution in [2.24, 2.45) is 0 Å². The van der Waals surface area contributed by atoms with E-state index >= 15 is 0 Å². The Morgan fingerprint density at radius 3 is 3.09 bits per heavy atom. The highest BCUT2D eigenvalue weighted by molar-refractivity contribution is 7.26. The zero-order valence-corrected chi connectivity index (χ0v) is 13.5. The van der Waals surface area contributed by atoms with Crippen LogP contribution in [0, 0.1) is 18.3 Å². The molecule has 0 bridgehead atoms. The predicted molar refractivity (Wildman–Crippen MR) is 81.0 cm³/mol. The molecule has 9 nitrogen and oxygen atoms in total. The number of aromatic nitrogens is 2. The Labute approximate surface area is 133 Å². The predicted octanol–water partition coefficient (Wildman–Crippen LogP) is -0.0512. The molecule has 2 heterocycles. The Hall–Kier alpha value is -1.56. The van der Waals surface area contributed by atoms with Crippen molar-refractivity contribution >= 4 is 9.03 Å². The first-order valence-electron chi connectivity index (χ1n) is 7.04. The summed E-state index contributed by atoms with van der Waals surface area (Å²) in [7, 11) is -0.247. The van der Waals surface area contributed by atoms with Gasteiger partial charge in [0.25, 0.3) is 5.56 Å². The van der Waals surface area contributed by atoms with E-state index in [-0.39, 0.29) is 35.1 Å². The Bertz CT molecular complexity index is 682. The zero-order valence-electron chi connectivity index (χ0n) is 12.5. The van der Waals surface area contributed by atoms with Gasteiger partial charge >= 0.3 is 5.69 Å². The summed E-state index contributed by atoms with van der Waals surface area (Å²) in [5.41, 5.74) is -0.642. The average Bonchev–Trinajstić information content (AvgIpc) is 2.87. The summed E-state index contributed by atoms with van der Waals surface area (Å²) in [6, 6.07) is 1.95. The third-order valence-electron chi connectivity index (χ3n) is 3.34. The first kappa shape index (κ1) is 17.8. The maximum absolute atomic E-state index is 11.8. The summed E-state index contributed by atoms with van der Waals surface area (Å²) in [5.74, 6) is 0. The SMILES string of the molecule is Cc1cn(C2CC(O)C(COPOCCC#N)O2)c(=O)[nH]c1=O. The van der Waals surface area contributed by atoms with Crippen molar-refractivity contribution in [2.45, 2.75) is 38.2 Å². The van der Waals surface area contributed by atoms with Crippen LogP contribution in [0.1, 0.15) is 24.6 Å². The number of rotatable bonds is 7. The lowest BCUT2D eigenvalue weighted by Gasteiger charge is -2.16. The van der Waals surface area contributed by atoms with Crippen molar-refractivity contribution in [3.05, 3.63) is 32.6 Å². The van der Waals surface area contributed by atoms with Crippen LogP contribution >= 0.6 is 9.03 Å². The average molecular weight is 343 g/mol. The van der Waals surface area contributed by atoms with E-state index in [9.17, 15) is 14.7 Å². The minimum atomic E-state index is -0.789. The fraction of sp³-hybridized carbons (Fsp3) is 0.615. The van der Waals surface area contributed by atoms with Crippen molar-refractivity contribution in [1.29, 1.82) is 5.26 Å². The van der Waals surface area contributed by atoms with Crippen LogP contribution in [-0.4, -0.2) is 40.1 Å². The van der Waals surface area contributed by atoms with E-state index in [0.29, 0.717) is 5.56 Å². The molecule has 23 heavy (non-hydrogen) atoms. The number of nitrogens with one attached hydrogen (secondary N) is 1. The quantitative estimate of drug-likeness (QED) is 0.525. The Balaban J connectivity index is 1.89. The first-order valence-corrected chi connectivity index (χ1v) is 7.85. The third kappa shape index (κ3) is 4.70. The molecule has 1 aliphatic heterocycles. The van der Waals surface area contributed by atoms with Gasteiger partial charge in [-0.2, -0.15) is 5.26 Å². The summed E-state index contributed by atoms with van der Waals surface area (Å²) in [4.78, 5) is 25.4. The molecule has 1 aromatic rings. The topological polar surface area (TPSA) is 127 Å². The molecule has 0 aliphatic carbocycles. The molecule has 2 rings (SSSR count). The van der Waals surface area contributed by atoms with Crippen LogP contribution < -0.4 is 11.2 Å². The van der Waals surface area contributed by atoms with Gasteiger partial charge in [0.15, 0.2) is 9.03 Å². The van der Waals surface area contributed by atoms with E-state index in [1.165, 1.54) is 10.8 Å². The van der Waals surface area contributed by atoms with Crippen molar-refractivity contribution < 1.29 is 18.9 Å². The van der Waals surface area contributed by atoms with Crippen molar-refractivity contribution in [2.75, 3.05) is 13.2 Å². The highest BCUT2D eigenvalue weighted by atomic mass is 31.1. The van der Waals surface area contributed by atoms with Gasteiger partial charge in [0.2, 0.25) is 0 Å². The van der Waals surface area contributed by atoms with E-state index < -0.39 is 29.7 Å². The van der Waals surface area contributed by atoms with Crippen LogP contribution in [0.2, 0.25) is 0 Å². The standard InChI is InChI=1S/C13H18N3O6P/c1-8-6-16(13(19)15-12(8)18)11-5-9(17)10(22-11)7-21-23-20-4-2-3-14/h6,9-11,17,23H,2,4-5,7H2,1H3,(H,15,18,19). The number of aliphatic hydroxyl groups excluding tert-OH is 1. The Morgan fingerprint density at radius 1 is 1.57 bits per heavy atom. The lowest BCUT2D eigenvalue weighted by Crippen LogP contribution is -2.33. The normalized spacial score (nSPS) is 24.3. The number of H-pyrrole nitrogens is 1. The van der Waals surface area contributed by atoms with Crippen molar-refractivity contribution in [3.8, 4) is 6.07 Å². The molecule has 0 radical (unpaired) electrons. The maximum Gasteiger partial charge on any atom is 0.330 e. The van der Waals surface area contributed by atoms with E-state index in [2.05, 4.69) is 4.98 Å². The molecule has 4 unspecified atom stereocenters. The summed E-state index contributed by atoms with van der Waals surface area (Å²) < 4.78 is 17.2. The highest BCUT2D eigenvalue weighted by Gasteiger charge is 2.35. The molecule has 0 saturated carbocycles. The van der Waals surface area contributed by atoms with Crippen LogP contribution in [-0.2, 0) is 13.8 Å². The van der Waals surface area contributed by atoms with E-state index in [1.54, 1.807) is 6.92 Å². The van der Waals surface area contributed by atoms with Crippen molar-refractivity contribution in [1.82, 2.24) is 9.55 Å². The lowest BCUT2D eigenvalue weighted by atomic mass is 10.2. The number of nitriles is 1. The van der Waals surface area contributed by atoms with Gasteiger partial charge in [-0.25, -0.2) is 4.79 Å². The summed E-state index contributed by atoms with van der Waals surface area (Å²) in [5, 5.41) is 18.4. The molecule has 0 amide bonds. The number of aryl methyl sites for hydroxylation is 1. The fourth-order valence-electron chi connectivity index (χ4n) is 2.13. The molecule has 0 spiro atoms. The number of hydrogen-bond acceptors (Lipinski definition) is 7. The molecule has 1 aliphatic rings. The number of aromatic amines is 1. The molecular weight excluding hydrogens is 325 g/mol. The number of nitrogens with zero attached hydrogens (tertiary/aromatic N) is 2. The summed E-state index contributed by atoms with van der Waals surface area (Å²) in [6.45, 7) is 1.98. The largest absolute Gasteiger partial charge is 0.390 e. The molecule has 126 valence electrons. The van der Waals surface area contributed by atoms with E-state index in [1.807, 2.05) is 6.07 Å². The van der Waals surface area contributed by atoms with Crippen LogP contribution in [0.3, 0.4) is 0 Å². The van der Waals surface area contributed by atoms with Crippen LogP contribution in [0.25, 0.3) is 0 Å². The Morgan fingerprint density at radius 2 is 2.35 bits per heavy atom. The maximum atomic E-state index is 11.8. The van der Waals surface area contributed by atoms with Gasteiger partial charge in [-0.3, -0.25) is 14.3 Å². The molecule has 1 fully saturated rings. The zero-order chi connectivity index (χ0) is 16.8. The molecule has 1 saturated heterocycles. The molecule has 10 heteroatoms. The van der Waals surface area contributed by atoms with Gasteiger partial charge < -0.3 is 18.9 Å². The minimum absolute atomic E-state index is 0.111. The third-order valence-corrected chi connectivity index (χ3v) is 3.95. The molecule has 2 N–H and O–H groups in total. The Kier molecular flexibility index (Phi) is 6.45. The van der Waals surface area contributed by atoms with Crippen LogP contribution in [0.15, 0.2) is 15.8 Å². The smallest absolute Gasteiger partial charge is 0.330 e. The molecule has 1 aromatic heterocycles. The van der Waals surface area contributed by atoms with Crippen LogP contribution in [0.5, 0.6) is 0 Å². The van der Waals surface area contributed by atoms with Gasteiger partial charge in [0, 0.05) is 18.2 Å². The second-order valence-corrected chi connectivity index (χ2v) is 5.81. The summed E-state index contributed by atoms with van der Waals surface area (Å²) >= 11 is 0. The number of aliphatic hydroxyl groups is 1. The molecule has 0 aromatic carbocycles. The molecule has 4 atom stereocenters. The molecular formula is C13H18N3O6P. The van der Waals surface area contributed by atoms with E-state index in [4.69, 9.17) is 19.0 Å². The number of hydrogen-bond donors (Lipinski definition) is 2. The van der Waals surface area contributed by atoms with Gasteiger partial charge in [-0.15, -0.1) is 0 Å². The lowest BCUT2D eigenvalue weighted by molar-refractivity contribution is -0.0404. The fourth-order valence-corrected chi connectivity index (χ4v) is 2.63. The van der Waals surface area contributed by atoms with Gasteiger partial charge in [-0.05, 0) is 6.92 Å². The van der Waals surface area contributed by atoms with E-state index in [0.717, 1.165) is 0 Å². The van der Waals surface area contributed by atoms with Crippen LogP contribution in [0.4, 0.5) is 0 Å². The van der Waals surface area contributed by atoms with Gasteiger partial charge in [0.1, 0.15) is 12.3 Å². The highest BCUT2D eigenvalue weighted by Crippen LogP contribution is 2.29. The monoisotopic (exact) mass is 343 g/mol. The second kappa shape index (κ2) is 8.34. The second-order valence-electron chi connectivity index (χ2n) is 5.06. The van der Waals surface area contributed by atoms with Gasteiger partial charge in [0.05, 0.1) is 31.8 Å². The minimum Gasteiger partial charge on any atom is -0.390 e. The van der Waals surface area contributed by atoms with Gasteiger partial charge in [-0.1, -0.05) is 0 Å².